The minimum atomic E-state index is -0.245. The summed E-state index contributed by atoms with van der Waals surface area (Å²) in [5.74, 6) is 0.565. The Balaban J connectivity index is 1.56. The zero-order chi connectivity index (χ0) is 18.3. The molecule has 4 aromatic rings. The Bertz CT molecular complexity index is 1080. The molecule has 1 saturated heterocycles. The van der Waals surface area contributed by atoms with Gasteiger partial charge in [-0.15, -0.1) is 11.3 Å². The van der Waals surface area contributed by atoms with Crippen molar-refractivity contribution in [3.63, 3.8) is 0 Å². The lowest BCUT2D eigenvalue weighted by Crippen LogP contribution is -2.56. The first-order valence-corrected chi connectivity index (χ1v) is 9.56. The minimum absolute atomic E-state index is 0.245. The number of para-hydroxylation sites is 1. The van der Waals surface area contributed by atoms with Gasteiger partial charge in [-0.2, -0.15) is 5.10 Å². The lowest BCUT2D eigenvalue weighted by atomic mass is 9.98. The maximum Gasteiger partial charge on any atom is 0.228 e. The standard InChI is InChI=1S/C19H18N6OS/c20-10-19(11-26-12-19)25-9-13(8-21-25)16-17-15(6-7-27-17)23-18(24-16)22-14-4-2-1-3-5-14/h1-9H,10-12,20H2,(H,22,23,24). The van der Waals surface area contributed by atoms with E-state index in [4.69, 9.17) is 15.5 Å². The van der Waals surface area contributed by atoms with Crippen LogP contribution in [0.4, 0.5) is 11.6 Å². The van der Waals surface area contributed by atoms with Gasteiger partial charge in [0.15, 0.2) is 0 Å². The predicted octanol–water partition coefficient (Wildman–Crippen LogP) is 2.98. The molecular weight excluding hydrogens is 360 g/mol. The highest BCUT2D eigenvalue weighted by Gasteiger charge is 2.40. The van der Waals surface area contributed by atoms with Crippen LogP contribution in [0.3, 0.4) is 0 Å². The van der Waals surface area contributed by atoms with Crippen molar-refractivity contribution in [3.05, 3.63) is 54.2 Å². The molecule has 0 aliphatic carbocycles. The quantitative estimate of drug-likeness (QED) is 0.555. The second kappa shape index (κ2) is 6.41. The first-order valence-electron chi connectivity index (χ1n) is 8.68. The third-order valence-electron chi connectivity index (χ3n) is 4.80. The molecular formula is C19H18N6OS. The first kappa shape index (κ1) is 16.4. The highest BCUT2D eigenvalue weighted by Crippen LogP contribution is 2.33. The Morgan fingerprint density at radius 2 is 2.04 bits per heavy atom. The van der Waals surface area contributed by atoms with Crippen LogP contribution in [-0.2, 0) is 10.3 Å². The van der Waals surface area contributed by atoms with Crippen molar-refractivity contribution in [2.45, 2.75) is 5.54 Å². The van der Waals surface area contributed by atoms with Crippen molar-refractivity contribution in [3.8, 4) is 11.3 Å². The molecule has 1 aliphatic heterocycles. The number of hydrogen-bond donors (Lipinski definition) is 2. The number of anilines is 2. The number of nitrogens with two attached hydrogens (primary N) is 1. The van der Waals surface area contributed by atoms with E-state index in [-0.39, 0.29) is 5.54 Å². The van der Waals surface area contributed by atoms with Gasteiger partial charge in [0, 0.05) is 24.0 Å². The summed E-state index contributed by atoms with van der Waals surface area (Å²) in [5.41, 5.74) is 9.39. The molecule has 5 rings (SSSR count). The Morgan fingerprint density at radius 1 is 1.19 bits per heavy atom. The molecule has 136 valence electrons. The monoisotopic (exact) mass is 378 g/mol. The SMILES string of the molecule is NCC1(n2cc(-c3nc(Nc4ccccc4)nc4ccsc34)cn2)COC1. The summed E-state index contributed by atoms with van der Waals surface area (Å²) in [4.78, 5) is 9.41. The van der Waals surface area contributed by atoms with Crippen LogP contribution < -0.4 is 11.1 Å². The molecule has 1 fully saturated rings. The molecule has 8 heteroatoms. The second-order valence-electron chi connectivity index (χ2n) is 6.62. The average molecular weight is 378 g/mol. The van der Waals surface area contributed by atoms with E-state index in [2.05, 4.69) is 15.4 Å². The van der Waals surface area contributed by atoms with Crippen molar-refractivity contribution < 1.29 is 4.74 Å². The van der Waals surface area contributed by atoms with Crippen molar-refractivity contribution in [1.82, 2.24) is 19.7 Å². The molecule has 3 N–H and O–H groups in total. The largest absolute Gasteiger partial charge is 0.376 e. The van der Waals surface area contributed by atoms with E-state index in [1.807, 2.05) is 58.9 Å². The topological polar surface area (TPSA) is 90.9 Å². The lowest BCUT2D eigenvalue weighted by molar-refractivity contribution is -0.101. The fourth-order valence-electron chi connectivity index (χ4n) is 3.15. The maximum atomic E-state index is 5.96. The number of hydrogen-bond acceptors (Lipinski definition) is 7. The van der Waals surface area contributed by atoms with E-state index in [9.17, 15) is 0 Å². The Labute approximate surface area is 159 Å². The van der Waals surface area contributed by atoms with Gasteiger partial charge in [-0.3, -0.25) is 4.68 Å². The van der Waals surface area contributed by atoms with Crippen molar-refractivity contribution >= 4 is 33.2 Å². The molecule has 3 aromatic heterocycles. The summed E-state index contributed by atoms with van der Waals surface area (Å²) in [6.45, 7) is 1.67. The molecule has 27 heavy (non-hydrogen) atoms. The van der Waals surface area contributed by atoms with Gasteiger partial charge in [0.25, 0.3) is 0 Å². The van der Waals surface area contributed by atoms with Crippen LogP contribution >= 0.6 is 11.3 Å². The summed E-state index contributed by atoms with van der Waals surface area (Å²) in [7, 11) is 0. The number of thiophene rings is 1. The van der Waals surface area contributed by atoms with Gasteiger partial charge in [-0.25, -0.2) is 9.97 Å². The Hall–Kier alpha value is -2.81. The summed E-state index contributed by atoms with van der Waals surface area (Å²) in [6, 6.07) is 11.9. The van der Waals surface area contributed by atoms with Gasteiger partial charge >= 0.3 is 0 Å². The molecule has 4 heterocycles. The second-order valence-corrected chi connectivity index (χ2v) is 7.53. The number of nitrogens with one attached hydrogen (secondary N) is 1. The summed E-state index contributed by atoms with van der Waals surface area (Å²) in [5, 5.41) is 9.85. The van der Waals surface area contributed by atoms with E-state index in [0.29, 0.717) is 25.7 Å². The molecule has 0 atom stereocenters. The zero-order valence-electron chi connectivity index (χ0n) is 14.5. The smallest absolute Gasteiger partial charge is 0.228 e. The first-order chi connectivity index (χ1) is 13.3. The normalized spacial score (nSPS) is 15.6. The maximum absolute atomic E-state index is 5.96. The number of aromatic nitrogens is 4. The molecule has 0 saturated carbocycles. The van der Waals surface area contributed by atoms with E-state index < -0.39 is 0 Å². The Morgan fingerprint density at radius 3 is 2.78 bits per heavy atom. The number of fused-ring (bicyclic) bond motifs is 1. The van der Waals surface area contributed by atoms with Gasteiger partial charge in [-0.1, -0.05) is 18.2 Å². The van der Waals surface area contributed by atoms with Crippen molar-refractivity contribution in [2.75, 3.05) is 25.1 Å². The Kier molecular flexibility index (Phi) is 3.89. The number of nitrogens with zero attached hydrogens (tertiary/aromatic N) is 4. The van der Waals surface area contributed by atoms with Gasteiger partial charge in [0.05, 0.1) is 35.3 Å². The number of ether oxygens (including phenoxy) is 1. The molecule has 0 radical (unpaired) electrons. The van der Waals surface area contributed by atoms with Gasteiger partial charge in [0.2, 0.25) is 5.95 Å². The van der Waals surface area contributed by atoms with E-state index in [0.717, 1.165) is 27.2 Å². The van der Waals surface area contributed by atoms with Crippen LogP contribution in [0.1, 0.15) is 0 Å². The molecule has 7 nitrogen and oxygen atoms in total. The average Bonchev–Trinajstić information content (AvgIpc) is 3.31. The summed E-state index contributed by atoms with van der Waals surface area (Å²) in [6.07, 6.45) is 3.84. The highest BCUT2D eigenvalue weighted by molar-refractivity contribution is 7.17. The molecule has 0 bridgehead atoms. The van der Waals surface area contributed by atoms with Crippen LogP contribution in [0.5, 0.6) is 0 Å². The van der Waals surface area contributed by atoms with E-state index in [1.165, 1.54) is 0 Å². The molecule has 1 aliphatic rings. The van der Waals surface area contributed by atoms with Crippen LogP contribution in [0, 0.1) is 0 Å². The fraction of sp³-hybridized carbons (Fsp3) is 0.211. The van der Waals surface area contributed by atoms with Gasteiger partial charge in [-0.05, 0) is 23.6 Å². The molecule has 1 aromatic carbocycles. The molecule has 0 unspecified atom stereocenters. The van der Waals surface area contributed by atoms with Crippen LogP contribution in [0.2, 0.25) is 0 Å². The fourth-order valence-corrected chi connectivity index (χ4v) is 3.99. The third kappa shape index (κ3) is 2.78. The minimum Gasteiger partial charge on any atom is -0.376 e. The molecule has 0 spiro atoms. The van der Waals surface area contributed by atoms with Crippen LogP contribution in [0.25, 0.3) is 21.5 Å². The van der Waals surface area contributed by atoms with Crippen LogP contribution in [0.15, 0.2) is 54.2 Å². The summed E-state index contributed by atoms with van der Waals surface area (Å²) < 4.78 is 8.32. The van der Waals surface area contributed by atoms with E-state index >= 15 is 0 Å². The van der Waals surface area contributed by atoms with Crippen molar-refractivity contribution in [1.29, 1.82) is 0 Å². The van der Waals surface area contributed by atoms with Crippen molar-refractivity contribution in [2.24, 2.45) is 5.73 Å². The summed E-state index contributed by atoms with van der Waals surface area (Å²) >= 11 is 1.63. The highest BCUT2D eigenvalue weighted by atomic mass is 32.1. The zero-order valence-corrected chi connectivity index (χ0v) is 15.3. The lowest BCUT2D eigenvalue weighted by Gasteiger charge is -2.40. The van der Waals surface area contributed by atoms with Gasteiger partial charge in [0.1, 0.15) is 5.54 Å². The predicted molar refractivity (Wildman–Crippen MR) is 106 cm³/mol. The van der Waals surface area contributed by atoms with E-state index in [1.54, 1.807) is 11.3 Å². The van der Waals surface area contributed by atoms with Crippen LogP contribution in [-0.4, -0.2) is 39.5 Å². The number of benzene rings is 1. The molecule has 0 amide bonds. The number of rotatable bonds is 5. The third-order valence-corrected chi connectivity index (χ3v) is 5.71. The van der Waals surface area contributed by atoms with Gasteiger partial charge < -0.3 is 15.8 Å².